The molecule has 0 radical (unpaired) electrons. The van der Waals surface area contributed by atoms with E-state index in [-0.39, 0.29) is 0 Å². The van der Waals surface area contributed by atoms with Crippen LogP contribution >= 0.6 is 0 Å². The Hall–Kier alpha value is 0.390. The number of ether oxygens (including phenoxy) is 1. The normalized spacial score (nSPS) is 51.9. The molecule has 4 aliphatic rings. The Morgan fingerprint density at radius 3 is 2.89 bits per heavy atom. The molecular weight excluding hydrogens is 337 g/mol. The molecule has 2 saturated carbocycles. The molecule has 3 aliphatic carbocycles. The molecule has 0 aromatic heterocycles. The van der Waals surface area contributed by atoms with E-state index in [0.717, 1.165) is 23.7 Å². The van der Waals surface area contributed by atoms with Crippen LogP contribution < -0.4 is 21.5 Å². The fourth-order valence-corrected chi connectivity index (χ4v) is 6.38. The Labute approximate surface area is 121 Å². The van der Waals surface area contributed by atoms with Crippen molar-refractivity contribution in [3.63, 3.8) is 0 Å². The second-order valence-electron chi connectivity index (χ2n) is 6.56. The Balaban J connectivity index is 1.40. The van der Waals surface area contributed by atoms with Gasteiger partial charge in [-0.1, -0.05) is 0 Å². The van der Waals surface area contributed by atoms with E-state index < -0.39 is 0 Å². The van der Waals surface area contributed by atoms with Crippen molar-refractivity contribution in [2.75, 3.05) is 4.55 Å². The Kier molecular flexibility index (Phi) is 3.01. The van der Waals surface area contributed by atoms with Gasteiger partial charge in [-0.2, -0.15) is 0 Å². The number of alkyl halides is 1. The van der Waals surface area contributed by atoms with Gasteiger partial charge in [0, 0.05) is 0 Å². The summed E-state index contributed by atoms with van der Waals surface area (Å²) in [5.41, 5.74) is 0. The van der Waals surface area contributed by atoms with Crippen LogP contribution in [0.2, 0.25) is 0 Å². The molecule has 2 nitrogen and oxygen atoms in total. The summed E-state index contributed by atoms with van der Waals surface area (Å²) in [4.78, 5) is 0. The van der Waals surface area contributed by atoms with Crippen molar-refractivity contribution in [3.8, 4) is 0 Å². The second kappa shape index (κ2) is 4.45. The molecule has 0 amide bonds. The number of hydrogen-bond acceptors (Lipinski definition) is 2. The topological polar surface area (TPSA) is 12.2 Å². The van der Waals surface area contributed by atoms with Crippen molar-refractivity contribution in [1.82, 2.24) is 3.11 Å². The van der Waals surface area contributed by atoms with E-state index in [1.807, 2.05) is 0 Å². The van der Waals surface area contributed by atoms with Crippen LogP contribution in [0, 0.1) is 23.7 Å². The molecular formula is C15H23INO-. The van der Waals surface area contributed by atoms with E-state index >= 15 is 0 Å². The average molecular weight is 360 g/mol. The van der Waals surface area contributed by atoms with Gasteiger partial charge in [-0.25, -0.2) is 0 Å². The zero-order valence-electron chi connectivity index (χ0n) is 11.3. The number of fused-ring (bicyclic) bond motifs is 5. The van der Waals surface area contributed by atoms with Crippen LogP contribution in [0.5, 0.6) is 0 Å². The van der Waals surface area contributed by atoms with Crippen LogP contribution in [-0.4, -0.2) is 25.9 Å². The summed E-state index contributed by atoms with van der Waals surface area (Å²) in [6.45, 7) is 4.64. The molecule has 18 heavy (non-hydrogen) atoms. The van der Waals surface area contributed by atoms with Gasteiger partial charge in [0.2, 0.25) is 0 Å². The van der Waals surface area contributed by atoms with Crippen LogP contribution in [-0.2, 0) is 4.74 Å². The van der Waals surface area contributed by atoms with E-state index in [1.165, 1.54) is 23.8 Å². The molecule has 0 aromatic rings. The minimum absolute atomic E-state index is 0.407. The fourth-order valence-electron chi connectivity index (χ4n) is 4.51. The summed E-state index contributed by atoms with van der Waals surface area (Å²) in [6.07, 6.45) is 10.1. The SMILES string of the molecule is CC(OC1CC2CC1C1C=CCC21)C(C)N1C[I-]1. The predicted molar refractivity (Wildman–Crippen MR) is 67.5 cm³/mol. The number of allylic oxidation sites excluding steroid dienone is 2. The van der Waals surface area contributed by atoms with Crippen molar-refractivity contribution in [1.29, 1.82) is 0 Å². The van der Waals surface area contributed by atoms with Crippen LogP contribution in [0.3, 0.4) is 0 Å². The summed E-state index contributed by atoms with van der Waals surface area (Å²) in [6, 6.07) is 0.659. The van der Waals surface area contributed by atoms with E-state index in [4.69, 9.17) is 4.74 Å². The molecule has 2 bridgehead atoms. The summed E-state index contributed by atoms with van der Waals surface area (Å²) in [7, 11) is 0. The molecule has 8 atom stereocenters. The van der Waals surface area contributed by atoms with E-state index in [9.17, 15) is 0 Å². The maximum absolute atomic E-state index is 6.46. The van der Waals surface area contributed by atoms with Crippen molar-refractivity contribution < 1.29 is 26.2 Å². The molecule has 0 N–H and O–H groups in total. The van der Waals surface area contributed by atoms with Gasteiger partial charge in [0.25, 0.3) is 0 Å². The molecule has 8 unspecified atom stereocenters. The number of hydrogen-bond donors (Lipinski definition) is 0. The maximum atomic E-state index is 6.46. The van der Waals surface area contributed by atoms with E-state index in [1.54, 1.807) is 0 Å². The quantitative estimate of drug-likeness (QED) is 0.170. The number of rotatable bonds is 4. The Morgan fingerprint density at radius 2 is 2.11 bits per heavy atom. The van der Waals surface area contributed by atoms with Gasteiger partial charge >= 0.3 is 121 Å². The molecule has 4 rings (SSSR count). The van der Waals surface area contributed by atoms with Crippen molar-refractivity contribution in [2.45, 2.75) is 51.4 Å². The molecule has 3 heteroatoms. The second-order valence-corrected chi connectivity index (χ2v) is 9.16. The van der Waals surface area contributed by atoms with Gasteiger partial charge in [-0.15, -0.1) is 0 Å². The van der Waals surface area contributed by atoms with Gasteiger partial charge < -0.3 is 0 Å². The molecule has 1 saturated heterocycles. The summed E-state index contributed by atoms with van der Waals surface area (Å²) < 4.78 is 10.5. The zero-order valence-corrected chi connectivity index (χ0v) is 13.4. The van der Waals surface area contributed by atoms with E-state index in [2.05, 4.69) is 29.1 Å². The Bertz CT molecular complexity index is 368. The number of nitrogens with zero attached hydrogens (tertiary/aromatic N) is 1. The standard InChI is InChI=1S/C15H23INO/c1-9(17-8-16-17)10(2)18-15-7-11-6-14(15)13-5-3-4-12(11)13/h3,5,9-15H,4,6-8H2,1-2H3/q-1. The van der Waals surface area contributed by atoms with Crippen molar-refractivity contribution in [2.24, 2.45) is 23.7 Å². The molecule has 1 heterocycles. The molecule has 102 valence electrons. The van der Waals surface area contributed by atoms with Crippen LogP contribution in [0.1, 0.15) is 33.1 Å². The third-order valence-electron chi connectivity index (χ3n) is 5.72. The first-order valence-corrected chi connectivity index (χ1v) is 9.91. The third-order valence-corrected chi connectivity index (χ3v) is 8.07. The van der Waals surface area contributed by atoms with Crippen LogP contribution in [0.15, 0.2) is 12.2 Å². The zero-order chi connectivity index (χ0) is 12.3. The van der Waals surface area contributed by atoms with Crippen LogP contribution in [0.25, 0.3) is 0 Å². The van der Waals surface area contributed by atoms with Gasteiger partial charge in [0.15, 0.2) is 0 Å². The summed E-state index contributed by atoms with van der Waals surface area (Å²) in [5.74, 6) is 3.67. The Morgan fingerprint density at radius 1 is 1.28 bits per heavy atom. The van der Waals surface area contributed by atoms with Crippen LogP contribution in [0.4, 0.5) is 0 Å². The first-order chi connectivity index (χ1) is 8.74. The first-order valence-electron chi connectivity index (χ1n) is 7.42. The third kappa shape index (κ3) is 1.88. The van der Waals surface area contributed by atoms with Crippen molar-refractivity contribution in [3.05, 3.63) is 12.2 Å². The average Bonchev–Trinajstić information content (AvgIpc) is 2.82. The van der Waals surface area contributed by atoms with Gasteiger partial charge in [-0.3, -0.25) is 0 Å². The molecule has 1 aliphatic heterocycles. The molecule has 0 aromatic carbocycles. The molecule has 3 fully saturated rings. The van der Waals surface area contributed by atoms with Crippen molar-refractivity contribution >= 4 is 0 Å². The molecule has 0 spiro atoms. The summed E-state index contributed by atoms with van der Waals surface area (Å²) in [5, 5.41) is 0. The fraction of sp³-hybridized carbons (Fsp3) is 0.867. The predicted octanol–water partition coefficient (Wildman–Crippen LogP) is -0.342. The van der Waals surface area contributed by atoms with E-state index in [0.29, 0.717) is 39.7 Å². The summed E-state index contributed by atoms with van der Waals surface area (Å²) >= 11 is 0.407. The number of halogens is 1. The minimum atomic E-state index is 0.407. The van der Waals surface area contributed by atoms with Gasteiger partial charge in [0.05, 0.1) is 0 Å². The monoisotopic (exact) mass is 360 g/mol. The van der Waals surface area contributed by atoms with Gasteiger partial charge in [-0.05, 0) is 0 Å². The van der Waals surface area contributed by atoms with Gasteiger partial charge in [0.1, 0.15) is 0 Å². The first kappa shape index (κ1) is 12.2.